The minimum absolute atomic E-state index is 0.223. The smallest absolute Gasteiger partial charge is 0.256 e. The minimum Gasteiger partial charge on any atom is -0.365 e. The van der Waals surface area contributed by atoms with Gasteiger partial charge in [0.05, 0.1) is 0 Å². The third-order valence-corrected chi connectivity index (χ3v) is 3.17. The van der Waals surface area contributed by atoms with Crippen molar-refractivity contribution in [2.75, 3.05) is 5.32 Å². The average molecular weight is 305 g/mol. The molecule has 114 valence electrons. The highest BCUT2D eigenvalue weighted by Crippen LogP contribution is 2.26. The molecule has 0 aliphatic rings. The van der Waals surface area contributed by atoms with Gasteiger partial charge in [0.1, 0.15) is 5.56 Å². The number of para-hydroxylation sites is 1. The van der Waals surface area contributed by atoms with Crippen LogP contribution in [0.15, 0.2) is 65.7 Å². The lowest BCUT2D eigenvalue weighted by molar-refractivity contribution is 0.100. The molecule has 1 amide bonds. The first-order valence-corrected chi connectivity index (χ1v) is 7.03. The van der Waals surface area contributed by atoms with Crippen LogP contribution in [0.5, 0.6) is 0 Å². The maximum atomic E-state index is 11.8. The summed E-state index contributed by atoms with van der Waals surface area (Å²) in [4.78, 5) is 16.0. The Balaban J connectivity index is 1.90. The van der Waals surface area contributed by atoms with Crippen molar-refractivity contribution in [3.8, 4) is 0 Å². The summed E-state index contributed by atoms with van der Waals surface area (Å²) in [5.74, 6) is 0.0705. The Labute approximate surface area is 133 Å². The van der Waals surface area contributed by atoms with Crippen LogP contribution in [0.1, 0.15) is 15.9 Å². The van der Waals surface area contributed by atoms with Crippen LogP contribution in [-0.4, -0.2) is 22.3 Å². The number of hydrogen-bond acceptors (Lipinski definition) is 4. The number of nitrogens with zero attached hydrogens (tertiary/aromatic N) is 2. The van der Waals surface area contributed by atoms with Gasteiger partial charge in [0.25, 0.3) is 5.91 Å². The molecule has 0 aliphatic carbocycles. The van der Waals surface area contributed by atoms with E-state index >= 15 is 0 Å². The minimum atomic E-state index is -0.600. The molecular formula is C17H15N5O. The number of benzene rings is 2. The Kier molecular flexibility index (Phi) is 4.15. The molecular weight excluding hydrogens is 290 g/mol. The number of rotatable bonds is 5. The van der Waals surface area contributed by atoms with Gasteiger partial charge in [-0.2, -0.15) is 5.10 Å². The number of carbonyl (C=O) groups is 1. The van der Waals surface area contributed by atoms with E-state index in [1.165, 1.54) is 0 Å². The highest BCUT2D eigenvalue weighted by atomic mass is 16.1. The predicted molar refractivity (Wildman–Crippen MR) is 90.5 cm³/mol. The van der Waals surface area contributed by atoms with Gasteiger partial charge in [-0.15, -0.1) is 0 Å². The van der Waals surface area contributed by atoms with Gasteiger partial charge in [-0.3, -0.25) is 9.89 Å². The van der Waals surface area contributed by atoms with Crippen molar-refractivity contribution in [3.05, 3.63) is 71.8 Å². The number of hydrogen-bond donors (Lipinski definition) is 3. The molecule has 3 rings (SSSR count). The summed E-state index contributed by atoms with van der Waals surface area (Å²) in [6.45, 7) is 0. The van der Waals surface area contributed by atoms with E-state index in [-0.39, 0.29) is 5.56 Å². The molecule has 0 unspecified atom stereocenters. The van der Waals surface area contributed by atoms with Crippen LogP contribution in [0.2, 0.25) is 0 Å². The fourth-order valence-corrected chi connectivity index (χ4v) is 2.09. The first kappa shape index (κ1) is 14.5. The molecule has 1 heterocycles. The van der Waals surface area contributed by atoms with Gasteiger partial charge in [-0.05, 0) is 17.7 Å². The second-order valence-electron chi connectivity index (χ2n) is 4.82. The summed E-state index contributed by atoms with van der Waals surface area (Å²) in [7, 11) is 0. The van der Waals surface area contributed by atoms with Crippen LogP contribution >= 0.6 is 0 Å². The Bertz CT molecular complexity index is 825. The maximum absolute atomic E-state index is 11.8. The second-order valence-corrected chi connectivity index (χ2v) is 4.82. The highest BCUT2D eigenvalue weighted by molar-refractivity contribution is 6.03. The molecule has 4 N–H and O–H groups in total. The van der Waals surface area contributed by atoms with Crippen LogP contribution < -0.4 is 11.1 Å². The van der Waals surface area contributed by atoms with E-state index < -0.39 is 5.91 Å². The standard InChI is InChI=1S/C17H15N5O/c18-15(23)14-16(19-11-12-7-3-1-4-8-12)21-22-17(14)20-13-9-5-2-6-10-13/h1-11H,(H2,18,23)(H2,20,21,22)/b19-11+. The molecule has 0 bridgehead atoms. The van der Waals surface area contributed by atoms with Gasteiger partial charge < -0.3 is 11.1 Å². The van der Waals surface area contributed by atoms with E-state index in [1.807, 2.05) is 60.7 Å². The molecule has 0 saturated carbocycles. The van der Waals surface area contributed by atoms with Crippen LogP contribution in [0.25, 0.3) is 0 Å². The zero-order valence-electron chi connectivity index (χ0n) is 12.2. The average Bonchev–Trinajstić information content (AvgIpc) is 2.98. The molecule has 0 fully saturated rings. The van der Waals surface area contributed by atoms with Gasteiger partial charge in [-0.25, -0.2) is 4.99 Å². The number of carbonyl (C=O) groups excluding carboxylic acids is 1. The third kappa shape index (κ3) is 3.44. The van der Waals surface area contributed by atoms with Crippen molar-refractivity contribution in [1.29, 1.82) is 0 Å². The number of nitrogens with two attached hydrogens (primary N) is 1. The molecule has 1 aromatic heterocycles. The van der Waals surface area contributed by atoms with E-state index in [0.29, 0.717) is 11.6 Å². The number of aromatic nitrogens is 2. The third-order valence-electron chi connectivity index (χ3n) is 3.17. The Morgan fingerprint density at radius 2 is 1.74 bits per heavy atom. The molecule has 3 aromatic rings. The van der Waals surface area contributed by atoms with Crippen molar-refractivity contribution in [3.63, 3.8) is 0 Å². The molecule has 6 nitrogen and oxygen atoms in total. The first-order chi connectivity index (χ1) is 11.2. The van der Waals surface area contributed by atoms with Crippen LogP contribution in [0.4, 0.5) is 17.3 Å². The number of nitrogens with one attached hydrogen (secondary N) is 2. The normalized spacial score (nSPS) is 10.8. The van der Waals surface area contributed by atoms with Crippen LogP contribution in [0.3, 0.4) is 0 Å². The summed E-state index contributed by atoms with van der Waals surface area (Å²) in [5.41, 5.74) is 7.41. The summed E-state index contributed by atoms with van der Waals surface area (Å²) < 4.78 is 0. The number of primary amides is 1. The maximum Gasteiger partial charge on any atom is 0.256 e. The summed E-state index contributed by atoms with van der Waals surface area (Å²) >= 11 is 0. The van der Waals surface area contributed by atoms with Gasteiger partial charge in [-0.1, -0.05) is 48.5 Å². The Morgan fingerprint density at radius 1 is 1.09 bits per heavy atom. The molecule has 0 spiro atoms. The number of anilines is 2. The fourth-order valence-electron chi connectivity index (χ4n) is 2.09. The van der Waals surface area contributed by atoms with Crippen molar-refractivity contribution in [2.24, 2.45) is 10.7 Å². The number of aromatic amines is 1. The molecule has 0 aliphatic heterocycles. The van der Waals surface area contributed by atoms with E-state index in [9.17, 15) is 4.79 Å². The Hall–Kier alpha value is -3.41. The number of H-pyrrole nitrogens is 1. The van der Waals surface area contributed by atoms with Gasteiger partial charge >= 0.3 is 0 Å². The van der Waals surface area contributed by atoms with Gasteiger partial charge in [0.2, 0.25) is 0 Å². The number of aliphatic imine (C=N–C) groups is 1. The highest BCUT2D eigenvalue weighted by Gasteiger charge is 2.17. The van der Waals surface area contributed by atoms with Crippen LogP contribution in [0, 0.1) is 0 Å². The van der Waals surface area contributed by atoms with Crippen molar-refractivity contribution >= 4 is 29.4 Å². The number of amides is 1. The molecule has 0 radical (unpaired) electrons. The van der Waals surface area contributed by atoms with Crippen molar-refractivity contribution in [1.82, 2.24) is 10.2 Å². The first-order valence-electron chi connectivity index (χ1n) is 7.03. The molecule has 23 heavy (non-hydrogen) atoms. The lowest BCUT2D eigenvalue weighted by Crippen LogP contribution is -2.12. The zero-order chi connectivity index (χ0) is 16.1. The van der Waals surface area contributed by atoms with Crippen molar-refractivity contribution in [2.45, 2.75) is 0 Å². The van der Waals surface area contributed by atoms with Crippen LogP contribution in [-0.2, 0) is 0 Å². The lowest BCUT2D eigenvalue weighted by Gasteiger charge is -2.03. The monoisotopic (exact) mass is 305 g/mol. The molecule has 2 aromatic carbocycles. The van der Waals surface area contributed by atoms with E-state index in [2.05, 4.69) is 20.5 Å². The fraction of sp³-hybridized carbons (Fsp3) is 0. The van der Waals surface area contributed by atoms with E-state index in [0.717, 1.165) is 11.3 Å². The zero-order valence-corrected chi connectivity index (χ0v) is 12.2. The summed E-state index contributed by atoms with van der Waals surface area (Å²) in [6, 6.07) is 19.0. The van der Waals surface area contributed by atoms with Crippen molar-refractivity contribution < 1.29 is 4.79 Å². The van der Waals surface area contributed by atoms with E-state index in [4.69, 9.17) is 5.73 Å². The Morgan fingerprint density at radius 3 is 2.39 bits per heavy atom. The molecule has 6 heteroatoms. The van der Waals surface area contributed by atoms with Gasteiger partial charge in [0.15, 0.2) is 11.6 Å². The topological polar surface area (TPSA) is 96.2 Å². The second kappa shape index (κ2) is 6.57. The SMILES string of the molecule is NC(=O)c1c(Nc2ccccc2)n[nH]c1/N=C/c1ccccc1. The van der Waals surface area contributed by atoms with Gasteiger partial charge in [0, 0.05) is 11.9 Å². The largest absolute Gasteiger partial charge is 0.365 e. The predicted octanol–water partition coefficient (Wildman–Crippen LogP) is 3.00. The summed E-state index contributed by atoms with van der Waals surface area (Å²) in [6.07, 6.45) is 1.65. The lowest BCUT2D eigenvalue weighted by atomic mass is 10.2. The molecule has 0 atom stereocenters. The summed E-state index contributed by atoms with van der Waals surface area (Å²) in [5, 5.41) is 9.88. The van der Waals surface area contributed by atoms with E-state index in [1.54, 1.807) is 6.21 Å². The quantitative estimate of drug-likeness (QED) is 0.632. The molecule has 0 saturated heterocycles.